The second-order valence-electron chi connectivity index (χ2n) is 4.88. The van der Waals surface area contributed by atoms with Crippen LogP contribution in [0.5, 0.6) is 5.75 Å². The van der Waals surface area contributed by atoms with E-state index in [4.69, 9.17) is 9.47 Å². The molecule has 17 heavy (non-hydrogen) atoms. The van der Waals surface area contributed by atoms with Gasteiger partial charge in [0.25, 0.3) is 0 Å². The van der Waals surface area contributed by atoms with Crippen LogP contribution in [0.3, 0.4) is 0 Å². The molecule has 1 saturated heterocycles. The first-order valence-corrected chi connectivity index (χ1v) is 6.55. The van der Waals surface area contributed by atoms with Crippen LogP contribution in [0, 0.1) is 13.8 Å². The molecule has 1 aromatic carbocycles. The van der Waals surface area contributed by atoms with Gasteiger partial charge in [0.1, 0.15) is 5.75 Å². The lowest BCUT2D eigenvalue weighted by molar-refractivity contribution is 0.317. The van der Waals surface area contributed by atoms with E-state index in [1.54, 1.807) is 0 Å². The number of aryl methyl sites for hydroxylation is 2. The van der Waals surface area contributed by atoms with E-state index in [9.17, 15) is 0 Å². The van der Waals surface area contributed by atoms with Gasteiger partial charge in [-0.05, 0) is 61.9 Å². The van der Waals surface area contributed by atoms with E-state index in [0.29, 0.717) is 6.10 Å². The second-order valence-corrected chi connectivity index (χ2v) is 4.88. The Balaban J connectivity index is 2.04. The normalized spacial score (nSPS) is 18.2. The van der Waals surface area contributed by atoms with Gasteiger partial charge in [0.15, 0.2) is 0 Å². The fourth-order valence-electron chi connectivity index (χ4n) is 2.19. The number of rotatable bonds is 6. The van der Waals surface area contributed by atoms with Crippen LogP contribution in [0.1, 0.15) is 36.5 Å². The second kappa shape index (κ2) is 5.54. The molecule has 0 bridgehead atoms. The van der Waals surface area contributed by atoms with Gasteiger partial charge < -0.3 is 9.47 Å². The highest BCUT2D eigenvalue weighted by Gasteiger charge is 2.22. The highest BCUT2D eigenvalue weighted by molar-refractivity contribution is 5.41. The van der Waals surface area contributed by atoms with E-state index in [1.807, 2.05) is 0 Å². The van der Waals surface area contributed by atoms with Gasteiger partial charge >= 0.3 is 0 Å². The number of ether oxygens (including phenoxy) is 2. The third-order valence-corrected chi connectivity index (χ3v) is 3.26. The summed E-state index contributed by atoms with van der Waals surface area (Å²) in [4.78, 5) is 0. The molecule has 0 N–H and O–H groups in total. The molecule has 2 nitrogen and oxygen atoms in total. The number of hydrogen-bond donors (Lipinski definition) is 0. The number of benzene rings is 1. The minimum atomic E-state index is 0.518. The van der Waals surface area contributed by atoms with Gasteiger partial charge in [0, 0.05) is 0 Å². The minimum Gasteiger partial charge on any atom is -0.494 e. The van der Waals surface area contributed by atoms with Crippen molar-refractivity contribution in [1.82, 2.24) is 0 Å². The first-order chi connectivity index (χ1) is 8.20. The summed E-state index contributed by atoms with van der Waals surface area (Å²) in [5.74, 6) is 1.01. The Morgan fingerprint density at radius 1 is 1.29 bits per heavy atom. The highest BCUT2D eigenvalue weighted by atomic mass is 16.6. The maximum atomic E-state index is 5.69. The molecule has 0 aliphatic carbocycles. The molecule has 0 aromatic heterocycles. The van der Waals surface area contributed by atoms with E-state index in [-0.39, 0.29) is 0 Å². The van der Waals surface area contributed by atoms with Gasteiger partial charge in [0.05, 0.1) is 19.3 Å². The third-order valence-electron chi connectivity index (χ3n) is 3.26. The van der Waals surface area contributed by atoms with Gasteiger partial charge in [0.2, 0.25) is 0 Å². The van der Waals surface area contributed by atoms with Crippen molar-refractivity contribution in [1.29, 1.82) is 0 Å². The molecule has 2 rings (SSSR count). The van der Waals surface area contributed by atoms with Crippen LogP contribution in [0.25, 0.3) is 0 Å². The average molecular weight is 234 g/mol. The van der Waals surface area contributed by atoms with Crippen LogP contribution in [0.15, 0.2) is 12.1 Å². The summed E-state index contributed by atoms with van der Waals surface area (Å²) in [5.41, 5.74) is 4.15. The quantitative estimate of drug-likeness (QED) is 0.703. The van der Waals surface area contributed by atoms with Crippen molar-refractivity contribution >= 4 is 0 Å². The molecule has 2 heteroatoms. The lowest BCUT2D eigenvalue weighted by atomic mass is 9.97. The van der Waals surface area contributed by atoms with Crippen LogP contribution >= 0.6 is 0 Å². The number of hydrogen-bond acceptors (Lipinski definition) is 2. The molecular formula is C15H22O2. The van der Waals surface area contributed by atoms with Crippen LogP contribution in [-0.4, -0.2) is 19.3 Å². The van der Waals surface area contributed by atoms with Gasteiger partial charge in [-0.15, -0.1) is 0 Å². The Bertz CT molecular complexity index is 358. The van der Waals surface area contributed by atoms with Crippen molar-refractivity contribution < 1.29 is 9.47 Å². The summed E-state index contributed by atoms with van der Waals surface area (Å²) in [6, 6.07) is 4.32. The van der Waals surface area contributed by atoms with Crippen molar-refractivity contribution in [3.05, 3.63) is 28.8 Å². The molecule has 1 aliphatic heterocycles. The van der Waals surface area contributed by atoms with E-state index < -0.39 is 0 Å². The summed E-state index contributed by atoms with van der Waals surface area (Å²) in [5, 5.41) is 0. The predicted octanol–water partition coefficient (Wildman–Crippen LogP) is 3.42. The SMILES string of the molecule is CCCOc1cc(C)c(CCC2CO2)c(C)c1. The summed E-state index contributed by atoms with van der Waals surface area (Å²) in [7, 11) is 0. The molecule has 0 radical (unpaired) electrons. The van der Waals surface area contributed by atoms with Crippen LogP contribution in [0.4, 0.5) is 0 Å². The molecule has 1 atom stereocenters. The van der Waals surface area contributed by atoms with E-state index in [0.717, 1.165) is 38.2 Å². The Morgan fingerprint density at radius 2 is 1.94 bits per heavy atom. The average Bonchev–Trinajstić information content (AvgIpc) is 3.09. The Kier molecular flexibility index (Phi) is 4.06. The van der Waals surface area contributed by atoms with E-state index >= 15 is 0 Å². The Labute approximate surface area is 104 Å². The van der Waals surface area contributed by atoms with Crippen molar-refractivity contribution in [2.45, 2.75) is 46.1 Å². The molecule has 0 saturated carbocycles. The van der Waals surface area contributed by atoms with Crippen molar-refractivity contribution in [3.63, 3.8) is 0 Å². The summed E-state index contributed by atoms with van der Waals surface area (Å²) >= 11 is 0. The first-order valence-electron chi connectivity index (χ1n) is 6.55. The maximum Gasteiger partial charge on any atom is 0.119 e. The van der Waals surface area contributed by atoms with Crippen LogP contribution in [-0.2, 0) is 11.2 Å². The number of epoxide rings is 1. The molecule has 0 spiro atoms. The molecule has 1 fully saturated rings. The highest BCUT2D eigenvalue weighted by Crippen LogP contribution is 2.25. The Hall–Kier alpha value is -1.02. The largest absolute Gasteiger partial charge is 0.494 e. The lowest BCUT2D eigenvalue weighted by Gasteiger charge is -2.13. The zero-order chi connectivity index (χ0) is 12.3. The Morgan fingerprint density at radius 3 is 2.47 bits per heavy atom. The minimum absolute atomic E-state index is 0.518. The van der Waals surface area contributed by atoms with Crippen LogP contribution in [0.2, 0.25) is 0 Å². The molecule has 1 heterocycles. The van der Waals surface area contributed by atoms with E-state index in [2.05, 4.69) is 32.9 Å². The fourth-order valence-corrected chi connectivity index (χ4v) is 2.19. The summed E-state index contributed by atoms with van der Waals surface area (Å²) in [6.45, 7) is 8.23. The zero-order valence-electron chi connectivity index (χ0n) is 11.1. The van der Waals surface area contributed by atoms with Crippen LogP contribution < -0.4 is 4.74 Å². The molecular weight excluding hydrogens is 212 g/mol. The molecule has 1 unspecified atom stereocenters. The topological polar surface area (TPSA) is 21.8 Å². The summed E-state index contributed by atoms with van der Waals surface area (Å²) in [6.07, 6.45) is 3.84. The monoisotopic (exact) mass is 234 g/mol. The summed E-state index contributed by atoms with van der Waals surface area (Å²) < 4.78 is 10.9. The van der Waals surface area contributed by atoms with Crippen molar-refractivity contribution in [2.75, 3.05) is 13.2 Å². The molecule has 0 amide bonds. The van der Waals surface area contributed by atoms with Crippen molar-refractivity contribution in [2.24, 2.45) is 0 Å². The maximum absolute atomic E-state index is 5.69. The van der Waals surface area contributed by atoms with E-state index in [1.165, 1.54) is 16.7 Å². The standard InChI is InChI=1S/C15H22O2/c1-4-7-16-14-8-11(2)15(12(3)9-14)6-5-13-10-17-13/h8-9,13H,4-7,10H2,1-3H3. The van der Waals surface area contributed by atoms with Gasteiger partial charge in [-0.2, -0.15) is 0 Å². The van der Waals surface area contributed by atoms with Gasteiger partial charge in [-0.1, -0.05) is 6.92 Å². The zero-order valence-corrected chi connectivity index (χ0v) is 11.1. The van der Waals surface area contributed by atoms with Crippen molar-refractivity contribution in [3.8, 4) is 5.75 Å². The smallest absolute Gasteiger partial charge is 0.119 e. The molecule has 1 aromatic rings. The third kappa shape index (κ3) is 3.47. The first kappa shape index (κ1) is 12.4. The fraction of sp³-hybridized carbons (Fsp3) is 0.600. The van der Waals surface area contributed by atoms with Gasteiger partial charge in [-0.25, -0.2) is 0 Å². The molecule has 94 valence electrons. The lowest BCUT2D eigenvalue weighted by Crippen LogP contribution is -2.00. The molecule has 1 aliphatic rings. The predicted molar refractivity (Wildman–Crippen MR) is 69.8 cm³/mol. The van der Waals surface area contributed by atoms with Gasteiger partial charge in [-0.3, -0.25) is 0 Å².